The number of halogens is 2. The average Bonchev–Trinajstić information content (AvgIpc) is 3.32. The fraction of sp³-hybridized carbons (Fsp3) is 0.0400. The van der Waals surface area contributed by atoms with Crippen LogP contribution in [0.15, 0.2) is 88.4 Å². The fourth-order valence-electron chi connectivity index (χ4n) is 3.15. The van der Waals surface area contributed by atoms with Crippen molar-refractivity contribution in [1.82, 2.24) is 5.43 Å². The highest BCUT2D eigenvalue weighted by molar-refractivity contribution is 6.33. The first-order valence-electron chi connectivity index (χ1n) is 10.2. The number of carbonyl (C=O) groups is 1. The van der Waals surface area contributed by atoms with Gasteiger partial charge in [-0.25, -0.2) is 5.43 Å². The second-order valence-corrected chi connectivity index (χ2v) is 8.01. The zero-order chi connectivity index (χ0) is 24.8. The minimum Gasteiger partial charge on any atom is -0.488 e. The Morgan fingerprint density at radius 1 is 1.03 bits per heavy atom. The second kappa shape index (κ2) is 10.9. The molecule has 35 heavy (non-hydrogen) atoms. The third-order valence-corrected chi connectivity index (χ3v) is 5.58. The van der Waals surface area contributed by atoms with Crippen LogP contribution in [0.1, 0.15) is 21.7 Å². The van der Waals surface area contributed by atoms with Crippen molar-refractivity contribution in [3.63, 3.8) is 0 Å². The van der Waals surface area contributed by atoms with Crippen LogP contribution >= 0.6 is 23.2 Å². The van der Waals surface area contributed by atoms with E-state index in [0.29, 0.717) is 38.4 Å². The van der Waals surface area contributed by atoms with Gasteiger partial charge in [0, 0.05) is 28.3 Å². The van der Waals surface area contributed by atoms with Gasteiger partial charge in [0.2, 0.25) is 0 Å². The summed E-state index contributed by atoms with van der Waals surface area (Å²) < 4.78 is 11.5. The Bertz CT molecular complexity index is 1420. The summed E-state index contributed by atoms with van der Waals surface area (Å²) in [4.78, 5) is 23.2. The molecule has 0 spiro atoms. The standard InChI is InChI=1S/C25H17Cl2N3O5/c26-21-7-3-1-5-16(21)15-34-23-8-4-2-6-19(23)25(31)29-28-14-18-10-12-24(35-18)20-13-17(30(32)33)9-11-22(20)27/h1-14H,15H2,(H,29,31)/b28-14+. The van der Waals surface area contributed by atoms with Crippen LogP contribution < -0.4 is 10.2 Å². The number of rotatable bonds is 8. The Morgan fingerprint density at radius 2 is 1.80 bits per heavy atom. The zero-order valence-electron chi connectivity index (χ0n) is 18.0. The molecule has 1 N–H and O–H groups in total. The molecule has 1 amide bonds. The quantitative estimate of drug-likeness (QED) is 0.165. The van der Waals surface area contributed by atoms with Crippen LogP contribution in [0.5, 0.6) is 5.75 Å². The number of nitro benzene ring substituents is 1. The van der Waals surface area contributed by atoms with Gasteiger partial charge in [-0.2, -0.15) is 5.10 Å². The highest BCUT2D eigenvalue weighted by Gasteiger charge is 2.15. The molecule has 0 fully saturated rings. The second-order valence-electron chi connectivity index (χ2n) is 7.20. The van der Waals surface area contributed by atoms with Gasteiger partial charge in [-0.1, -0.05) is 53.5 Å². The van der Waals surface area contributed by atoms with Crippen LogP contribution in [0.3, 0.4) is 0 Å². The highest BCUT2D eigenvalue weighted by Crippen LogP contribution is 2.32. The van der Waals surface area contributed by atoms with Crippen LogP contribution in [0, 0.1) is 10.1 Å². The largest absolute Gasteiger partial charge is 0.488 e. The Balaban J connectivity index is 1.43. The molecule has 8 nitrogen and oxygen atoms in total. The van der Waals surface area contributed by atoms with Crippen molar-refractivity contribution in [2.75, 3.05) is 0 Å². The molecule has 0 bridgehead atoms. The lowest BCUT2D eigenvalue weighted by Gasteiger charge is -2.11. The predicted molar refractivity (Wildman–Crippen MR) is 133 cm³/mol. The summed E-state index contributed by atoms with van der Waals surface area (Å²) in [5.41, 5.74) is 3.77. The first kappa shape index (κ1) is 24.0. The van der Waals surface area contributed by atoms with Crippen LogP contribution in [-0.2, 0) is 6.61 Å². The highest BCUT2D eigenvalue weighted by atomic mass is 35.5. The fourth-order valence-corrected chi connectivity index (χ4v) is 3.55. The van der Waals surface area contributed by atoms with E-state index < -0.39 is 10.8 Å². The molecule has 1 heterocycles. The van der Waals surface area contributed by atoms with E-state index >= 15 is 0 Å². The summed E-state index contributed by atoms with van der Waals surface area (Å²) in [6.45, 7) is 0.197. The number of nitrogens with one attached hydrogen (secondary N) is 1. The molecular formula is C25H17Cl2N3O5. The normalized spacial score (nSPS) is 10.9. The van der Waals surface area contributed by atoms with Crippen LogP contribution in [0.4, 0.5) is 5.69 Å². The summed E-state index contributed by atoms with van der Waals surface area (Å²) in [6.07, 6.45) is 1.31. The minimum atomic E-state index is -0.517. The number of para-hydroxylation sites is 1. The number of hydrogen-bond donors (Lipinski definition) is 1. The van der Waals surface area contributed by atoms with Crippen molar-refractivity contribution in [2.45, 2.75) is 6.61 Å². The van der Waals surface area contributed by atoms with Crippen LogP contribution in [0.25, 0.3) is 11.3 Å². The van der Waals surface area contributed by atoms with Gasteiger partial charge >= 0.3 is 0 Å². The third-order valence-electron chi connectivity index (χ3n) is 4.88. The lowest BCUT2D eigenvalue weighted by Crippen LogP contribution is -2.18. The molecule has 4 rings (SSSR count). The topological polar surface area (TPSA) is 107 Å². The molecule has 3 aromatic carbocycles. The maximum Gasteiger partial charge on any atom is 0.275 e. The minimum absolute atomic E-state index is 0.112. The van der Waals surface area contributed by atoms with Crippen molar-refractivity contribution >= 4 is 41.0 Å². The lowest BCUT2D eigenvalue weighted by atomic mass is 10.1. The Labute approximate surface area is 209 Å². The van der Waals surface area contributed by atoms with Crippen molar-refractivity contribution in [3.8, 4) is 17.1 Å². The first-order chi connectivity index (χ1) is 16.9. The number of nitro groups is 1. The maximum absolute atomic E-state index is 12.7. The van der Waals surface area contributed by atoms with Gasteiger partial charge in [0.1, 0.15) is 23.9 Å². The maximum atomic E-state index is 12.7. The van der Waals surface area contributed by atoms with Gasteiger partial charge in [0.15, 0.2) is 0 Å². The molecule has 0 saturated carbocycles. The van der Waals surface area contributed by atoms with Crippen molar-refractivity contribution in [1.29, 1.82) is 0 Å². The summed E-state index contributed by atoms with van der Waals surface area (Å²) in [6, 6.07) is 21.3. The number of benzene rings is 3. The molecule has 0 aliphatic carbocycles. The first-order valence-corrected chi connectivity index (χ1v) is 11.0. The monoisotopic (exact) mass is 509 g/mol. The number of hydrogen-bond acceptors (Lipinski definition) is 6. The Kier molecular flexibility index (Phi) is 7.45. The SMILES string of the molecule is O=C(N/N=C/c1ccc(-c2cc([N+](=O)[O-])ccc2Cl)o1)c1ccccc1OCc1ccccc1Cl. The van der Waals surface area contributed by atoms with E-state index in [-0.39, 0.29) is 12.3 Å². The van der Waals surface area contributed by atoms with Gasteiger partial charge in [-0.3, -0.25) is 14.9 Å². The number of non-ortho nitro benzene ring substituents is 1. The smallest absolute Gasteiger partial charge is 0.275 e. The summed E-state index contributed by atoms with van der Waals surface area (Å²) in [7, 11) is 0. The van der Waals surface area contributed by atoms with E-state index in [0.717, 1.165) is 5.56 Å². The van der Waals surface area contributed by atoms with Gasteiger partial charge < -0.3 is 9.15 Å². The number of nitrogens with zero attached hydrogens (tertiary/aromatic N) is 2. The van der Waals surface area contributed by atoms with Crippen LogP contribution in [0.2, 0.25) is 10.0 Å². The zero-order valence-corrected chi connectivity index (χ0v) is 19.5. The summed E-state index contributed by atoms with van der Waals surface area (Å²) in [5.74, 6) is 0.529. The number of hydrazone groups is 1. The summed E-state index contributed by atoms with van der Waals surface area (Å²) in [5, 5.41) is 15.8. The van der Waals surface area contributed by atoms with Gasteiger partial charge in [-0.15, -0.1) is 0 Å². The summed E-state index contributed by atoms with van der Waals surface area (Å²) >= 11 is 12.3. The number of amides is 1. The van der Waals surface area contributed by atoms with Gasteiger partial charge in [0.25, 0.3) is 11.6 Å². The third kappa shape index (κ3) is 5.87. The molecule has 4 aromatic rings. The molecule has 0 unspecified atom stereocenters. The molecule has 0 radical (unpaired) electrons. The van der Waals surface area contributed by atoms with E-state index in [9.17, 15) is 14.9 Å². The molecule has 1 aromatic heterocycles. The van der Waals surface area contributed by atoms with Crippen molar-refractivity contribution in [2.24, 2.45) is 5.10 Å². The molecule has 10 heteroatoms. The molecule has 0 atom stereocenters. The molecule has 0 aliphatic rings. The number of carbonyl (C=O) groups excluding carboxylic acids is 1. The van der Waals surface area contributed by atoms with Crippen LogP contribution in [-0.4, -0.2) is 17.0 Å². The van der Waals surface area contributed by atoms with E-state index in [1.165, 1.54) is 24.4 Å². The Hall–Kier alpha value is -4.14. The van der Waals surface area contributed by atoms with Gasteiger partial charge in [-0.05, 0) is 36.4 Å². The molecular weight excluding hydrogens is 493 g/mol. The van der Waals surface area contributed by atoms with E-state index in [4.69, 9.17) is 32.4 Å². The predicted octanol–water partition coefficient (Wildman–Crippen LogP) is 6.50. The van der Waals surface area contributed by atoms with Crippen molar-refractivity contribution in [3.05, 3.63) is 116 Å². The lowest BCUT2D eigenvalue weighted by molar-refractivity contribution is -0.384. The molecule has 0 aliphatic heterocycles. The number of ether oxygens (including phenoxy) is 1. The van der Waals surface area contributed by atoms with E-state index in [1.807, 2.05) is 18.2 Å². The number of furan rings is 1. The van der Waals surface area contributed by atoms with Gasteiger partial charge in [0.05, 0.1) is 21.7 Å². The average molecular weight is 510 g/mol. The molecule has 176 valence electrons. The van der Waals surface area contributed by atoms with Crippen molar-refractivity contribution < 1.29 is 18.9 Å². The molecule has 0 saturated heterocycles. The van der Waals surface area contributed by atoms with E-state index in [1.54, 1.807) is 42.5 Å². The Morgan fingerprint density at radius 3 is 2.60 bits per heavy atom. The van der Waals surface area contributed by atoms with E-state index in [2.05, 4.69) is 10.5 Å².